The van der Waals surface area contributed by atoms with Gasteiger partial charge in [0.2, 0.25) is 8.32 Å². The minimum absolute atomic E-state index is 0.124. The maximum atomic E-state index is 11.3. The molecule has 0 bridgehead atoms. The molecular formula is C10H16O3Si. The Morgan fingerprint density at radius 3 is 2.71 bits per heavy atom. The molecule has 1 aromatic rings. The first kappa shape index (κ1) is 11.0. The lowest BCUT2D eigenvalue weighted by Crippen LogP contribution is -2.29. The summed E-state index contributed by atoms with van der Waals surface area (Å²) in [6.07, 6.45) is 2.63. The van der Waals surface area contributed by atoms with Crippen LogP contribution < -0.4 is 0 Å². The fourth-order valence-corrected chi connectivity index (χ4v) is 1.86. The fourth-order valence-electron chi connectivity index (χ4n) is 1.07. The van der Waals surface area contributed by atoms with Gasteiger partial charge in [0.25, 0.3) is 5.97 Å². The van der Waals surface area contributed by atoms with Crippen molar-refractivity contribution in [3.8, 4) is 0 Å². The second kappa shape index (κ2) is 4.46. The molecule has 1 rings (SSSR count). The monoisotopic (exact) mass is 212 g/mol. The summed E-state index contributed by atoms with van der Waals surface area (Å²) >= 11 is 0. The van der Waals surface area contributed by atoms with Crippen LogP contribution in [0.1, 0.15) is 12.2 Å². The zero-order valence-electron chi connectivity index (χ0n) is 8.87. The molecule has 4 heteroatoms. The maximum Gasteiger partial charge on any atom is 0.292 e. The molecule has 0 saturated heterocycles. The third-order valence-corrected chi connectivity index (χ3v) is 2.42. The summed E-state index contributed by atoms with van der Waals surface area (Å²) in [5.41, 5.74) is 0. The molecule has 0 aliphatic carbocycles. The van der Waals surface area contributed by atoms with Gasteiger partial charge < -0.3 is 8.84 Å². The van der Waals surface area contributed by atoms with Gasteiger partial charge in [-0.15, -0.1) is 0 Å². The van der Waals surface area contributed by atoms with E-state index in [-0.39, 0.29) is 5.97 Å². The van der Waals surface area contributed by atoms with E-state index in [4.69, 9.17) is 8.84 Å². The summed E-state index contributed by atoms with van der Waals surface area (Å²) in [5.74, 6) is 0.707. The summed E-state index contributed by atoms with van der Waals surface area (Å²) in [4.78, 5) is 11.3. The number of rotatable bonds is 4. The van der Waals surface area contributed by atoms with Crippen molar-refractivity contribution in [2.45, 2.75) is 32.5 Å². The largest absolute Gasteiger partial charge is 0.520 e. The van der Waals surface area contributed by atoms with Crippen molar-refractivity contribution >= 4 is 14.3 Å². The van der Waals surface area contributed by atoms with Crippen LogP contribution in [-0.2, 0) is 15.6 Å². The molecule has 0 atom stereocenters. The molecule has 0 saturated carbocycles. The minimum Gasteiger partial charge on any atom is -0.520 e. The Morgan fingerprint density at radius 1 is 1.50 bits per heavy atom. The molecule has 1 heterocycles. The quantitative estimate of drug-likeness (QED) is 0.720. The van der Waals surface area contributed by atoms with E-state index in [1.54, 1.807) is 6.26 Å². The lowest BCUT2D eigenvalue weighted by atomic mass is 10.2. The van der Waals surface area contributed by atoms with Gasteiger partial charge in [0, 0.05) is 6.42 Å². The normalized spacial score (nSPS) is 11.4. The summed E-state index contributed by atoms with van der Waals surface area (Å²) in [7, 11) is -1.72. The summed E-state index contributed by atoms with van der Waals surface area (Å²) in [6, 6.07) is 3.68. The van der Waals surface area contributed by atoms with E-state index in [2.05, 4.69) is 0 Å². The Hall–Kier alpha value is -1.03. The zero-order valence-corrected chi connectivity index (χ0v) is 9.87. The molecule has 0 aromatic carbocycles. The van der Waals surface area contributed by atoms with Gasteiger partial charge >= 0.3 is 0 Å². The van der Waals surface area contributed by atoms with Crippen LogP contribution in [0.4, 0.5) is 0 Å². The SMILES string of the molecule is C[Si](C)(C)OC(=O)CCc1ccco1. The van der Waals surface area contributed by atoms with Gasteiger partial charge in [-0.05, 0) is 31.8 Å². The van der Waals surface area contributed by atoms with E-state index < -0.39 is 8.32 Å². The highest BCUT2D eigenvalue weighted by molar-refractivity contribution is 6.71. The Labute approximate surface area is 85.2 Å². The van der Waals surface area contributed by atoms with E-state index in [0.29, 0.717) is 12.8 Å². The number of hydrogen-bond donors (Lipinski definition) is 0. The molecule has 78 valence electrons. The van der Waals surface area contributed by atoms with E-state index in [1.165, 1.54) is 0 Å². The molecule has 0 aliphatic heterocycles. The second-order valence-electron chi connectivity index (χ2n) is 4.17. The van der Waals surface area contributed by atoms with Gasteiger partial charge in [0.15, 0.2) is 0 Å². The highest BCUT2D eigenvalue weighted by atomic mass is 28.4. The Kier molecular flexibility index (Phi) is 3.52. The average molecular weight is 212 g/mol. The highest BCUT2D eigenvalue weighted by Gasteiger charge is 2.19. The predicted molar refractivity (Wildman–Crippen MR) is 56.5 cm³/mol. The molecule has 14 heavy (non-hydrogen) atoms. The van der Waals surface area contributed by atoms with Crippen LogP contribution in [0.15, 0.2) is 22.8 Å². The highest BCUT2D eigenvalue weighted by Crippen LogP contribution is 2.08. The standard InChI is InChI=1S/C10H16O3Si/c1-14(2,3)13-10(11)7-6-9-5-4-8-12-9/h4-5,8H,6-7H2,1-3H3. The second-order valence-corrected chi connectivity index (χ2v) is 8.59. The first-order valence-corrected chi connectivity index (χ1v) is 8.12. The first-order valence-electron chi connectivity index (χ1n) is 4.71. The number of hydrogen-bond acceptors (Lipinski definition) is 3. The van der Waals surface area contributed by atoms with Crippen molar-refractivity contribution in [1.29, 1.82) is 0 Å². The summed E-state index contributed by atoms with van der Waals surface area (Å²) in [5, 5.41) is 0. The van der Waals surface area contributed by atoms with E-state index in [9.17, 15) is 4.79 Å². The average Bonchev–Trinajstić information content (AvgIpc) is 2.49. The topological polar surface area (TPSA) is 39.4 Å². The molecule has 0 N–H and O–H groups in total. The van der Waals surface area contributed by atoms with Gasteiger partial charge in [0.05, 0.1) is 12.7 Å². The van der Waals surface area contributed by atoms with Gasteiger partial charge in [-0.3, -0.25) is 4.79 Å². The Morgan fingerprint density at radius 2 is 2.21 bits per heavy atom. The maximum absolute atomic E-state index is 11.3. The first-order chi connectivity index (χ1) is 6.47. The number of aryl methyl sites for hydroxylation is 1. The summed E-state index contributed by atoms with van der Waals surface area (Å²) in [6.45, 7) is 5.99. The molecule has 0 spiro atoms. The van der Waals surface area contributed by atoms with Crippen LogP contribution in [0, 0.1) is 0 Å². The summed E-state index contributed by atoms with van der Waals surface area (Å²) < 4.78 is 10.4. The third kappa shape index (κ3) is 4.27. The number of furan rings is 1. The van der Waals surface area contributed by atoms with Crippen molar-refractivity contribution in [3.05, 3.63) is 24.2 Å². The van der Waals surface area contributed by atoms with Crippen LogP contribution in [0.5, 0.6) is 0 Å². The van der Waals surface area contributed by atoms with Crippen molar-refractivity contribution in [2.75, 3.05) is 0 Å². The lowest BCUT2D eigenvalue weighted by Gasteiger charge is -2.16. The van der Waals surface area contributed by atoms with Crippen molar-refractivity contribution in [1.82, 2.24) is 0 Å². The number of carbonyl (C=O) groups excluding carboxylic acids is 1. The molecule has 0 radical (unpaired) electrons. The Balaban J connectivity index is 2.29. The van der Waals surface area contributed by atoms with Crippen LogP contribution in [-0.4, -0.2) is 14.3 Å². The Bertz CT molecular complexity index is 285. The lowest BCUT2D eigenvalue weighted by molar-refractivity contribution is -0.135. The molecule has 0 fully saturated rings. The fraction of sp³-hybridized carbons (Fsp3) is 0.500. The predicted octanol–water partition coefficient (Wildman–Crippen LogP) is 2.59. The minimum atomic E-state index is -1.72. The van der Waals surface area contributed by atoms with Crippen LogP contribution >= 0.6 is 0 Å². The van der Waals surface area contributed by atoms with Gasteiger partial charge in [-0.25, -0.2) is 0 Å². The van der Waals surface area contributed by atoms with Crippen molar-refractivity contribution in [3.63, 3.8) is 0 Å². The molecule has 1 aromatic heterocycles. The van der Waals surface area contributed by atoms with E-state index in [0.717, 1.165) is 5.76 Å². The molecule has 0 aliphatic rings. The van der Waals surface area contributed by atoms with Crippen LogP contribution in [0.25, 0.3) is 0 Å². The van der Waals surface area contributed by atoms with Crippen LogP contribution in [0.2, 0.25) is 19.6 Å². The van der Waals surface area contributed by atoms with Crippen molar-refractivity contribution in [2.24, 2.45) is 0 Å². The molecule has 3 nitrogen and oxygen atoms in total. The smallest absolute Gasteiger partial charge is 0.292 e. The van der Waals surface area contributed by atoms with E-state index >= 15 is 0 Å². The number of carbonyl (C=O) groups is 1. The molecule has 0 unspecified atom stereocenters. The van der Waals surface area contributed by atoms with Gasteiger partial charge in [-0.1, -0.05) is 0 Å². The van der Waals surface area contributed by atoms with Crippen molar-refractivity contribution < 1.29 is 13.6 Å². The third-order valence-electron chi connectivity index (χ3n) is 1.58. The van der Waals surface area contributed by atoms with Gasteiger partial charge in [-0.2, -0.15) is 0 Å². The molecular weight excluding hydrogens is 196 g/mol. The van der Waals surface area contributed by atoms with Crippen LogP contribution in [0.3, 0.4) is 0 Å². The van der Waals surface area contributed by atoms with E-state index in [1.807, 2.05) is 31.8 Å². The van der Waals surface area contributed by atoms with Gasteiger partial charge in [0.1, 0.15) is 5.76 Å². The molecule has 0 amide bonds. The zero-order chi connectivity index (χ0) is 10.6.